The summed E-state index contributed by atoms with van der Waals surface area (Å²) in [5.41, 5.74) is -2.82. The van der Waals surface area contributed by atoms with Gasteiger partial charge in [-0.3, -0.25) is 0 Å². The zero-order chi connectivity index (χ0) is 6.78. The maximum atomic E-state index is 11.9. The van der Waals surface area contributed by atoms with Crippen molar-refractivity contribution < 1.29 is 18.7 Å². The lowest BCUT2D eigenvalue weighted by atomic mass is 10.2. The number of hydrogen-bond donors (Lipinski definition) is 0. The molecule has 0 aromatic rings. The summed E-state index contributed by atoms with van der Waals surface area (Å²) < 4.78 is 23.1. The minimum Gasteiger partial charge on any atom is -0.247 e. The molecule has 1 atom stereocenters. The molecule has 0 aromatic heterocycles. The van der Waals surface area contributed by atoms with Gasteiger partial charge in [-0.25, -0.2) is 18.7 Å². The van der Waals surface area contributed by atoms with Crippen LogP contribution in [0.2, 0.25) is 0 Å². The standard InChI is InChI=1S/C4H5F2O2/c1-4(6,2-5)3(7)8/h2H2,1H3. The molecular formula is C4H5F2O2. The van der Waals surface area contributed by atoms with Gasteiger partial charge in [-0.2, -0.15) is 0 Å². The van der Waals surface area contributed by atoms with Crippen LogP contribution >= 0.6 is 0 Å². The van der Waals surface area contributed by atoms with Crippen LogP contribution in [0.15, 0.2) is 0 Å². The number of carbonyl (C=O) groups is 1. The highest BCUT2D eigenvalue weighted by Gasteiger charge is 2.34. The van der Waals surface area contributed by atoms with Gasteiger partial charge in [0.25, 0.3) is 0 Å². The summed E-state index contributed by atoms with van der Waals surface area (Å²) in [6, 6.07) is 0. The molecule has 4 heteroatoms. The van der Waals surface area contributed by atoms with Crippen LogP contribution in [0.1, 0.15) is 6.92 Å². The van der Waals surface area contributed by atoms with E-state index in [4.69, 9.17) is 0 Å². The molecule has 0 saturated carbocycles. The minimum atomic E-state index is -2.82. The van der Waals surface area contributed by atoms with Crippen LogP contribution in [-0.2, 0) is 9.90 Å². The molecule has 0 aliphatic carbocycles. The second-order valence-corrected chi connectivity index (χ2v) is 1.62. The van der Waals surface area contributed by atoms with Crippen LogP contribution in [0, 0.1) is 0 Å². The summed E-state index contributed by atoms with van der Waals surface area (Å²) in [7, 11) is 0. The minimum absolute atomic E-state index is 0.613. The van der Waals surface area contributed by atoms with Crippen molar-refractivity contribution in [2.24, 2.45) is 0 Å². The third-order valence-electron chi connectivity index (χ3n) is 0.677. The highest BCUT2D eigenvalue weighted by atomic mass is 19.2. The summed E-state index contributed by atoms with van der Waals surface area (Å²) in [4.78, 5) is 9.53. The molecule has 47 valence electrons. The number of halogens is 2. The Hall–Kier alpha value is -0.670. The molecule has 0 aliphatic rings. The molecule has 0 amide bonds. The SMILES string of the molecule is CC(F)(CF)C([O])=O. The maximum absolute atomic E-state index is 11.9. The van der Waals surface area contributed by atoms with E-state index in [1.807, 2.05) is 0 Å². The summed E-state index contributed by atoms with van der Waals surface area (Å²) in [6.45, 7) is -0.933. The fourth-order valence-electron chi connectivity index (χ4n) is 0.0546. The molecule has 2 nitrogen and oxygen atoms in total. The van der Waals surface area contributed by atoms with Gasteiger partial charge in [0.05, 0.1) is 0 Å². The Balaban J connectivity index is 3.91. The average molecular weight is 123 g/mol. The number of carbonyl (C=O) groups excluding carboxylic acids is 1. The molecule has 1 radical (unpaired) electrons. The van der Waals surface area contributed by atoms with E-state index in [9.17, 15) is 18.7 Å². The van der Waals surface area contributed by atoms with E-state index in [0.29, 0.717) is 6.92 Å². The molecule has 0 heterocycles. The first kappa shape index (κ1) is 7.33. The van der Waals surface area contributed by atoms with Crippen molar-refractivity contribution in [2.75, 3.05) is 6.67 Å². The van der Waals surface area contributed by atoms with E-state index in [1.165, 1.54) is 0 Å². The van der Waals surface area contributed by atoms with Crippen molar-refractivity contribution in [3.8, 4) is 0 Å². The number of alkyl halides is 2. The fourth-order valence-corrected chi connectivity index (χ4v) is 0.0546. The van der Waals surface area contributed by atoms with E-state index < -0.39 is 18.3 Å². The Morgan fingerprint density at radius 1 is 1.75 bits per heavy atom. The Morgan fingerprint density at radius 2 is 2.12 bits per heavy atom. The summed E-state index contributed by atoms with van der Waals surface area (Å²) in [6.07, 6.45) is 0. The highest BCUT2D eigenvalue weighted by Crippen LogP contribution is 2.09. The van der Waals surface area contributed by atoms with Crippen LogP contribution < -0.4 is 0 Å². The molecule has 0 rings (SSSR count). The lowest BCUT2D eigenvalue weighted by molar-refractivity contribution is -0.157. The first-order valence-electron chi connectivity index (χ1n) is 1.97. The van der Waals surface area contributed by atoms with Gasteiger partial charge in [0, 0.05) is 0 Å². The molecule has 0 aliphatic heterocycles. The molecule has 0 N–H and O–H groups in total. The predicted octanol–water partition coefficient (Wildman–Crippen LogP) is 0.641. The Morgan fingerprint density at radius 3 is 2.12 bits per heavy atom. The third-order valence-corrected chi connectivity index (χ3v) is 0.677. The molecular weight excluding hydrogens is 118 g/mol. The van der Waals surface area contributed by atoms with Gasteiger partial charge in [-0.05, 0) is 6.92 Å². The fraction of sp³-hybridized carbons (Fsp3) is 0.750. The maximum Gasteiger partial charge on any atom is 0.394 e. The monoisotopic (exact) mass is 123 g/mol. The Kier molecular flexibility index (Phi) is 1.89. The van der Waals surface area contributed by atoms with E-state index in [0.717, 1.165) is 0 Å². The van der Waals surface area contributed by atoms with Gasteiger partial charge in [0.2, 0.25) is 5.67 Å². The van der Waals surface area contributed by atoms with Crippen LogP contribution in [-0.4, -0.2) is 18.3 Å². The van der Waals surface area contributed by atoms with Gasteiger partial charge in [-0.1, -0.05) is 0 Å². The van der Waals surface area contributed by atoms with Gasteiger partial charge in [0.15, 0.2) is 0 Å². The van der Waals surface area contributed by atoms with Crippen molar-refractivity contribution >= 4 is 5.97 Å². The second kappa shape index (κ2) is 2.07. The first-order valence-corrected chi connectivity index (χ1v) is 1.97. The van der Waals surface area contributed by atoms with E-state index in [-0.39, 0.29) is 0 Å². The molecule has 1 unspecified atom stereocenters. The van der Waals surface area contributed by atoms with Crippen molar-refractivity contribution in [1.29, 1.82) is 0 Å². The topological polar surface area (TPSA) is 37.0 Å². The Bertz CT molecular complexity index is 100. The van der Waals surface area contributed by atoms with E-state index >= 15 is 0 Å². The summed E-state index contributed by atoms with van der Waals surface area (Å²) in [5, 5.41) is 9.53. The van der Waals surface area contributed by atoms with Crippen LogP contribution in [0.3, 0.4) is 0 Å². The number of hydrogen-bond acceptors (Lipinski definition) is 1. The van der Waals surface area contributed by atoms with Gasteiger partial charge < -0.3 is 0 Å². The molecule has 0 aromatic carbocycles. The van der Waals surface area contributed by atoms with Crippen molar-refractivity contribution in [3.05, 3.63) is 0 Å². The highest BCUT2D eigenvalue weighted by molar-refractivity contribution is 5.76. The molecule has 0 bridgehead atoms. The molecule has 0 spiro atoms. The van der Waals surface area contributed by atoms with Crippen molar-refractivity contribution in [1.82, 2.24) is 0 Å². The lowest BCUT2D eigenvalue weighted by Crippen LogP contribution is -2.30. The van der Waals surface area contributed by atoms with Crippen LogP contribution in [0.5, 0.6) is 0 Å². The quantitative estimate of drug-likeness (QED) is 0.530. The van der Waals surface area contributed by atoms with Crippen molar-refractivity contribution in [3.63, 3.8) is 0 Å². The summed E-state index contributed by atoms with van der Waals surface area (Å²) in [5.74, 6) is -2.01. The zero-order valence-corrected chi connectivity index (χ0v) is 4.28. The molecule has 0 fully saturated rings. The lowest BCUT2D eigenvalue weighted by Gasteiger charge is -2.04. The molecule has 8 heavy (non-hydrogen) atoms. The first-order chi connectivity index (χ1) is 3.50. The van der Waals surface area contributed by atoms with E-state index in [1.54, 1.807) is 0 Å². The van der Waals surface area contributed by atoms with Gasteiger partial charge >= 0.3 is 5.97 Å². The summed E-state index contributed by atoms with van der Waals surface area (Å²) >= 11 is 0. The van der Waals surface area contributed by atoms with Gasteiger partial charge in [-0.15, -0.1) is 0 Å². The normalized spacial score (nSPS) is 17.4. The molecule has 0 saturated heterocycles. The average Bonchev–Trinajstić information content (AvgIpc) is 1.67. The largest absolute Gasteiger partial charge is 0.394 e. The number of rotatable bonds is 2. The Labute approximate surface area is 45.1 Å². The van der Waals surface area contributed by atoms with E-state index in [2.05, 4.69) is 0 Å². The third kappa shape index (κ3) is 1.44. The predicted molar refractivity (Wildman–Crippen MR) is 21.2 cm³/mol. The van der Waals surface area contributed by atoms with Crippen LogP contribution in [0.4, 0.5) is 8.78 Å². The zero-order valence-electron chi connectivity index (χ0n) is 4.28. The van der Waals surface area contributed by atoms with Crippen LogP contribution in [0.25, 0.3) is 0 Å². The van der Waals surface area contributed by atoms with Gasteiger partial charge in [0.1, 0.15) is 6.67 Å². The second-order valence-electron chi connectivity index (χ2n) is 1.62. The smallest absolute Gasteiger partial charge is 0.247 e. The van der Waals surface area contributed by atoms with Crippen molar-refractivity contribution in [2.45, 2.75) is 12.6 Å².